The zero-order chi connectivity index (χ0) is 11.9. The quantitative estimate of drug-likeness (QED) is 0.706. The zero-order valence-corrected chi connectivity index (χ0v) is 11.5. The molecule has 3 heteroatoms. The van der Waals surface area contributed by atoms with Gasteiger partial charge < -0.3 is 4.74 Å². The van der Waals surface area contributed by atoms with Crippen molar-refractivity contribution in [3.8, 4) is 0 Å². The average Bonchev–Trinajstić information content (AvgIpc) is 2.15. The van der Waals surface area contributed by atoms with Gasteiger partial charge in [-0.25, -0.2) is 0 Å². The molecule has 1 saturated carbocycles. The highest BCUT2D eigenvalue weighted by molar-refractivity contribution is 8.01. The van der Waals surface area contributed by atoms with Gasteiger partial charge in [0.15, 0.2) is 11.2 Å². The number of fused-ring (bicyclic) bond motifs is 1. The minimum absolute atomic E-state index is 0.162. The second kappa shape index (κ2) is 4.34. The van der Waals surface area contributed by atoms with Gasteiger partial charge in [0.2, 0.25) is 0 Å². The monoisotopic (exact) mass is 242 g/mol. The molecule has 4 atom stereocenters. The van der Waals surface area contributed by atoms with Gasteiger partial charge in [-0.3, -0.25) is 4.79 Å². The van der Waals surface area contributed by atoms with Crippen molar-refractivity contribution < 1.29 is 9.53 Å². The third-order valence-corrected chi connectivity index (χ3v) is 5.56. The number of carbonyl (C=O) groups is 1. The van der Waals surface area contributed by atoms with Crippen molar-refractivity contribution in [3.05, 3.63) is 0 Å². The van der Waals surface area contributed by atoms with E-state index in [2.05, 4.69) is 20.8 Å². The normalized spacial score (nSPS) is 42.5. The maximum atomic E-state index is 11.5. The van der Waals surface area contributed by atoms with Crippen LogP contribution in [0, 0.1) is 11.8 Å². The molecule has 2 fully saturated rings. The van der Waals surface area contributed by atoms with Crippen molar-refractivity contribution in [1.29, 1.82) is 0 Å². The number of rotatable bonds is 1. The summed E-state index contributed by atoms with van der Waals surface area (Å²) in [4.78, 5) is 11.5. The van der Waals surface area contributed by atoms with Crippen molar-refractivity contribution in [2.24, 2.45) is 11.8 Å². The lowest BCUT2D eigenvalue weighted by atomic mass is 9.75. The fourth-order valence-electron chi connectivity index (χ4n) is 3.00. The van der Waals surface area contributed by atoms with Gasteiger partial charge in [0.1, 0.15) is 0 Å². The van der Waals surface area contributed by atoms with Gasteiger partial charge >= 0.3 is 0 Å². The van der Waals surface area contributed by atoms with Crippen LogP contribution in [0.15, 0.2) is 0 Å². The van der Waals surface area contributed by atoms with Gasteiger partial charge in [0, 0.05) is 4.75 Å². The molecular weight excluding hydrogens is 220 g/mol. The first-order valence-corrected chi connectivity index (χ1v) is 7.12. The molecule has 1 saturated heterocycles. The molecule has 1 heterocycles. The van der Waals surface area contributed by atoms with E-state index in [0.29, 0.717) is 12.0 Å². The number of thioether (sulfide) groups is 1. The predicted octanol–water partition coefficient (Wildman–Crippen LogP) is 3.25. The lowest BCUT2D eigenvalue weighted by Gasteiger charge is -2.49. The maximum absolute atomic E-state index is 11.5. The number of Topliss-reactive ketones (excluding diaryl/α,β-unsaturated/α-hetero) is 1. The second-order valence-corrected chi connectivity index (χ2v) is 7.58. The highest BCUT2D eigenvalue weighted by atomic mass is 32.2. The minimum atomic E-state index is -0.235. The van der Waals surface area contributed by atoms with E-state index in [1.807, 2.05) is 0 Å². The SMILES string of the molecule is CC(=O)[C@@H]1O[C@@H]2C[C@H](C)CC[C@@H]2C(C)(C)S1. The molecule has 0 amide bonds. The van der Waals surface area contributed by atoms with Crippen molar-refractivity contribution in [3.63, 3.8) is 0 Å². The Morgan fingerprint density at radius 1 is 1.38 bits per heavy atom. The third kappa shape index (κ3) is 2.30. The van der Waals surface area contributed by atoms with E-state index < -0.39 is 0 Å². The first-order chi connectivity index (χ1) is 7.40. The predicted molar refractivity (Wildman–Crippen MR) is 67.5 cm³/mol. The van der Waals surface area contributed by atoms with Crippen LogP contribution in [0.2, 0.25) is 0 Å². The van der Waals surface area contributed by atoms with E-state index in [-0.39, 0.29) is 16.0 Å². The van der Waals surface area contributed by atoms with Crippen LogP contribution in [-0.2, 0) is 9.53 Å². The number of hydrogen-bond donors (Lipinski definition) is 0. The molecule has 0 radical (unpaired) electrons. The molecule has 0 N–H and O–H groups in total. The lowest BCUT2D eigenvalue weighted by molar-refractivity contribution is -0.132. The summed E-state index contributed by atoms with van der Waals surface area (Å²) in [6.45, 7) is 8.46. The Labute approximate surface area is 103 Å². The van der Waals surface area contributed by atoms with Gasteiger partial charge in [0.25, 0.3) is 0 Å². The molecule has 0 spiro atoms. The number of ketones is 1. The van der Waals surface area contributed by atoms with Crippen LogP contribution in [0.4, 0.5) is 0 Å². The standard InChI is InChI=1S/C13H22O2S/c1-8-5-6-10-11(7-8)15-12(9(2)14)16-13(10,3)4/h8,10-12H,5-7H2,1-4H3/t8-,10+,11-,12-/m1/s1. The van der Waals surface area contributed by atoms with Crippen molar-refractivity contribution >= 4 is 17.5 Å². The Bertz CT molecular complexity index is 288. The van der Waals surface area contributed by atoms with E-state index in [1.165, 1.54) is 12.8 Å². The van der Waals surface area contributed by atoms with Crippen LogP contribution in [0.5, 0.6) is 0 Å². The van der Waals surface area contributed by atoms with E-state index in [1.54, 1.807) is 18.7 Å². The van der Waals surface area contributed by atoms with Crippen molar-refractivity contribution in [2.45, 2.75) is 63.2 Å². The highest BCUT2D eigenvalue weighted by Crippen LogP contribution is 2.50. The Kier molecular flexibility index (Phi) is 3.37. The summed E-state index contributed by atoms with van der Waals surface area (Å²) >= 11 is 1.71. The summed E-state index contributed by atoms with van der Waals surface area (Å²) in [6.07, 6.45) is 3.97. The minimum Gasteiger partial charge on any atom is -0.356 e. The van der Waals surface area contributed by atoms with Crippen LogP contribution < -0.4 is 0 Å². The first-order valence-electron chi connectivity index (χ1n) is 6.24. The number of hydrogen-bond acceptors (Lipinski definition) is 3. The highest BCUT2D eigenvalue weighted by Gasteiger charge is 2.47. The van der Waals surface area contributed by atoms with Crippen LogP contribution in [0.3, 0.4) is 0 Å². The molecule has 92 valence electrons. The van der Waals surface area contributed by atoms with E-state index in [9.17, 15) is 4.79 Å². The van der Waals surface area contributed by atoms with Gasteiger partial charge in [-0.15, -0.1) is 11.8 Å². The zero-order valence-electron chi connectivity index (χ0n) is 10.7. The van der Waals surface area contributed by atoms with Gasteiger partial charge in [-0.2, -0.15) is 0 Å². The summed E-state index contributed by atoms with van der Waals surface area (Å²) in [7, 11) is 0. The lowest BCUT2D eigenvalue weighted by Crippen LogP contribution is -2.50. The molecule has 1 aliphatic carbocycles. The smallest absolute Gasteiger partial charge is 0.168 e. The van der Waals surface area contributed by atoms with Gasteiger partial charge in [0.05, 0.1) is 6.10 Å². The van der Waals surface area contributed by atoms with Gasteiger partial charge in [-0.05, 0) is 31.6 Å². The molecule has 2 nitrogen and oxygen atoms in total. The molecule has 2 aliphatic rings. The number of ether oxygens (including phenoxy) is 1. The van der Waals surface area contributed by atoms with Gasteiger partial charge in [-0.1, -0.05) is 27.2 Å². The first kappa shape index (κ1) is 12.4. The average molecular weight is 242 g/mol. The van der Waals surface area contributed by atoms with Crippen molar-refractivity contribution in [2.75, 3.05) is 0 Å². The fraction of sp³-hybridized carbons (Fsp3) is 0.923. The van der Waals surface area contributed by atoms with Crippen LogP contribution in [0.25, 0.3) is 0 Å². The van der Waals surface area contributed by atoms with E-state index in [4.69, 9.17) is 4.74 Å². The fourth-order valence-corrected chi connectivity index (χ4v) is 4.36. The summed E-state index contributed by atoms with van der Waals surface area (Å²) < 4.78 is 6.15. The molecule has 1 aliphatic heterocycles. The van der Waals surface area contributed by atoms with Crippen molar-refractivity contribution in [1.82, 2.24) is 0 Å². The van der Waals surface area contributed by atoms with E-state index >= 15 is 0 Å². The maximum Gasteiger partial charge on any atom is 0.168 e. The second-order valence-electron chi connectivity index (χ2n) is 5.86. The Balaban J connectivity index is 2.15. The largest absolute Gasteiger partial charge is 0.356 e. The molecule has 0 aromatic carbocycles. The van der Waals surface area contributed by atoms with Crippen LogP contribution in [-0.4, -0.2) is 22.1 Å². The van der Waals surface area contributed by atoms with Crippen LogP contribution >= 0.6 is 11.8 Å². The van der Waals surface area contributed by atoms with Crippen LogP contribution in [0.1, 0.15) is 47.0 Å². The summed E-state index contributed by atoms with van der Waals surface area (Å²) in [5, 5.41) is 0. The number of carbonyl (C=O) groups excluding carboxylic acids is 1. The molecule has 0 bridgehead atoms. The Morgan fingerprint density at radius 3 is 2.69 bits per heavy atom. The molecule has 16 heavy (non-hydrogen) atoms. The molecule has 0 aromatic heterocycles. The summed E-state index contributed by atoms with van der Waals surface area (Å²) in [5.74, 6) is 1.52. The topological polar surface area (TPSA) is 26.3 Å². The Hall–Kier alpha value is -0.0200. The molecule has 0 unspecified atom stereocenters. The molecular formula is C13H22O2S. The Morgan fingerprint density at radius 2 is 2.06 bits per heavy atom. The molecule has 0 aromatic rings. The summed E-state index contributed by atoms with van der Waals surface area (Å²) in [6, 6.07) is 0. The van der Waals surface area contributed by atoms with E-state index in [0.717, 1.165) is 12.3 Å². The third-order valence-electron chi connectivity index (χ3n) is 3.99. The molecule has 2 rings (SSSR count). The summed E-state index contributed by atoms with van der Waals surface area (Å²) in [5.41, 5.74) is -0.235.